The van der Waals surface area contributed by atoms with Crippen LogP contribution >= 0.6 is 11.8 Å². The van der Waals surface area contributed by atoms with Crippen LogP contribution in [0, 0.1) is 0 Å². The molecule has 0 spiro atoms. The van der Waals surface area contributed by atoms with Crippen molar-refractivity contribution in [2.24, 2.45) is 0 Å². The zero-order chi connectivity index (χ0) is 15.9. The van der Waals surface area contributed by atoms with Gasteiger partial charge in [0.1, 0.15) is 5.25 Å². The minimum atomic E-state index is -0.560. The molecular formula is C15H16N2O4S. The molecular weight excluding hydrogens is 304 g/mol. The van der Waals surface area contributed by atoms with Crippen molar-refractivity contribution in [3.63, 3.8) is 0 Å². The molecule has 1 fully saturated rings. The van der Waals surface area contributed by atoms with Gasteiger partial charge in [0.25, 0.3) is 5.91 Å². The molecule has 2 N–H and O–H groups in total. The van der Waals surface area contributed by atoms with E-state index < -0.39 is 11.2 Å². The Labute approximate surface area is 132 Å². The van der Waals surface area contributed by atoms with Gasteiger partial charge in [-0.2, -0.15) is 0 Å². The van der Waals surface area contributed by atoms with Crippen LogP contribution in [0.1, 0.15) is 13.3 Å². The lowest BCUT2D eigenvalue weighted by Gasteiger charge is -2.04. The van der Waals surface area contributed by atoms with E-state index in [2.05, 4.69) is 10.6 Å². The highest BCUT2D eigenvalue weighted by Gasteiger charge is 2.31. The number of amides is 2. The zero-order valence-electron chi connectivity index (χ0n) is 12.0. The number of thioether (sulfide) groups is 1. The zero-order valence-corrected chi connectivity index (χ0v) is 12.8. The molecule has 0 radical (unpaired) electrons. The number of carbonyl (C=O) groups is 3. The lowest BCUT2D eigenvalue weighted by molar-refractivity contribution is -0.144. The van der Waals surface area contributed by atoms with Gasteiger partial charge >= 0.3 is 5.97 Å². The molecule has 1 heterocycles. The second-order valence-electron chi connectivity index (χ2n) is 4.47. The molecule has 2 amide bonds. The van der Waals surface area contributed by atoms with Gasteiger partial charge in [-0.1, -0.05) is 30.0 Å². The fourth-order valence-corrected chi connectivity index (χ4v) is 2.86. The molecule has 2 rings (SSSR count). The summed E-state index contributed by atoms with van der Waals surface area (Å²) in [6.07, 6.45) is 1.29. The summed E-state index contributed by atoms with van der Waals surface area (Å²) in [5, 5.41) is 5.14. The van der Waals surface area contributed by atoms with Crippen molar-refractivity contribution in [3.8, 4) is 0 Å². The molecule has 0 bridgehead atoms. The first-order chi connectivity index (χ1) is 10.6. The second-order valence-corrected chi connectivity index (χ2v) is 5.71. The van der Waals surface area contributed by atoms with E-state index in [1.165, 1.54) is 6.08 Å². The van der Waals surface area contributed by atoms with E-state index in [1.54, 1.807) is 19.1 Å². The van der Waals surface area contributed by atoms with Gasteiger partial charge in [0, 0.05) is 11.8 Å². The van der Waals surface area contributed by atoms with Crippen LogP contribution in [0.2, 0.25) is 0 Å². The van der Waals surface area contributed by atoms with Crippen molar-refractivity contribution in [2.75, 3.05) is 11.9 Å². The fraction of sp³-hybridized carbons (Fsp3) is 0.267. The van der Waals surface area contributed by atoms with Crippen LogP contribution in [-0.4, -0.2) is 29.6 Å². The number of anilines is 1. The predicted molar refractivity (Wildman–Crippen MR) is 83.9 cm³/mol. The lowest BCUT2D eigenvalue weighted by Crippen LogP contribution is -2.25. The molecule has 1 aromatic rings. The van der Waals surface area contributed by atoms with Crippen LogP contribution in [0.15, 0.2) is 41.4 Å². The number of ether oxygens (including phenoxy) is 1. The summed E-state index contributed by atoms with van der Waals surface area (Å²) >= 11 is 1.15. The largest absolute Gasteiger partial charge is 0.466 e. The molecule has 1 aromatic carbocycles. The van der Waals surface area contributed by atoms with Crippen LogP contribution in [0.4, 0.5) is 5.69 Å². The van der Waals surface area contributed by atoms with E-state index >= 15 is 0 Å². The topological polar surface area (TPSA) is 84.5 Å². The SMILES string of the molecule is CCOC(=O)CC1S/C(=C\C(=O)Nc2ccccc2)NC1=O. The van der Waals surface area contributed by atoms with Crippen LogP contribution in [0.3, 0.4) is 0 Å². The smallest absolute Gasteiger partial charge is 0.307 e. The summed E-state index contributed by atoms with van der Waals surface area (Å²) in [7, 11) is 0. The molecule has 116 valence electrons. The van der Waals surface area contributed by atoms with Crippen molar-refractivity contribution in [2.45, 2.75) is 18.6 Å². The van der Waals surface area contributed by atoms with Crippen LogP contribution in [0.25, 0.3) is 0 Å². The standard InChI is InChI=1S/C15H16N2O4S/c1-2-21-14(19)8-11-15(20)17-13(22-11)9-12(18)16-10-6-4-3-5-7-10/h3-7,9,11H,2,8H2,1H3,(H,16,18)(H,17,20)/b13-9-. The predicted octanol–water partition coefficient (Wildman–Crippen LogP) is 1.65. The van der Waals surface area contributed by atoms with Crippen LogP contribution < -0.4 is 10.6 Å². The summed E-state index contributed by atoms with van der Waals surface area (Å²) in [5.74, 6) is -1.06. The molecule has 0 saturated carbocycles. The Balaban J connectivity index is 1.92. The minimum Gasteiger partial charge on any atom is -0.466 e. The molecule has 0 aliphatic carbocycles. The van der Waals surface area contributed by atoms with E-state index in [4.69, 9.17) is 4.74 Å². The van der Waals surface area contributed by atoms with Crippen LogP contribution in [0.5, 0.6) is 0 Å². The fourth-order valence-electron chi connectivity index (χ4n) is 1.83. The maximum Gasteiger partial charge on any atom is 0.307 e. The highest BCUT2D eigenvalue weighted by molar-refractivity contribution is 8.04. The van der Waals surface area contributed by atoms with E-state index in [0.717, 1.165) is 11.8 Å². The summed E-state index contributed by atoms with van der Waals surface area (Å²) in [6, 6.07) is 9.00. The first kappa shape index (κ1) is 16.1. The molecule has 1 unspecified atom stereocenters. The minimum absolute atomic E-state index is 0.0119. The lowest BCUT2D eigenvalue weighted by atomic mass is 10.3. The molecule has 1 aliphatic heterocycles. The van der Waals surface area contributed by atoms with Gasteiger partial charge in [-0.15, -0.1) is 0 Å². The number of hydrogen-bond donors (Lipinski definition) is 2. The Morgan fingerprint density at radius 1 is 1.36 bits per heavy atom. The van der Waals surface area contributed by atoms with Gasteiger partial charge in [-0.3, -0.25) is 14.4 Å². The number of rotatable bonds is 5. The molecule has 6 nitrogen and oxygen atoms in total. The van der Waals surface area contributed by atoms with E-state index in [0.29, 0.717) is 10.7 Å². The monoisotopic (exact) mass is 320 g/mol. The Kier molecular flexibility index (Phi) is 5.60. The number of hydrogen-bond acceptors (Lipinski definition) is 5. The Hall–Kier alpha value is -2.28. The third kappa shape index (κ3) is 4.63. The first-order valence-corrected chi connectivity index (χ1v) is 7.67. The molecule has 1 saturated heterocycles. The summed E-state index contributed by atoms with van der Waals surface area (Å²) in [4.78, 5) is 35.0. The molecule has 1 aliphatic rings. The van der Waals surface area contributed by atoms with Gasteiger partial charge < -0.3 is 15.4 Å². The third-order valence-electron chi connectivity index (χ3n) is 2.77. The maximum atomic E-state index is 11.9. The Bertz CT molecular complexity index is 601. The number of benzene rings is 1. The van der Waals surface area contributed by atoms with Crippen molar-refractivity contribution in [3.05, 3.63) is 41.4 Å². The number of esters is 1. The van der Waals surface area contributed by atoms with Crippen molar-refractivity contribution in [1.29, 1.82) is 0 Å². The van der Waals surface area contributed by atoms with Gasteiger partial charge in [0.2, 0.25) is 5.91 Å². The molecule has 1 atom stereocenters. The Morgan fingerprint density at radius 2 is 2.09 bits per heavy atom. The van der Waals surface area contributed by atoms with Crippen LogP contribution in [-0.2, 0) is 19.1 Å². The average Bonchev–Trinajstić information content (AvgIpc) is 2.79. The number of para-hydroxylation sites is 1. The second kappa shape index (κ2) is 7.65. The number of nitrogens with one attached hydrogen (secondary N) is 2. The normalized spacial score (nSPS) is 18.9. The van der Waals surface area contributed by atoms with E-state index in [1.807, 2.05) is 18.2 Å². The van der Waals surface area contributed by atoms with Crippen molar-refractivity contribution in [1.82, 2.24) is 5.32 Å². The van der Waals surface area contributed by atoms with E-state index in [-0.39, 0.29) is 24.8 Å². The quantitative estimate of drug-likeness (QED) is 0.636. The number of carbonyl (C=O) groups excluding carboxylic acids is 3. The van der Waals surface area contributed by atoms with E-state index in [9.17, 15) is 14.4 Å². The summed E-state index contributed by atoms with van der Waals surface area (Å²) in [5.41, 5.74) is 0.668. The average molecular weight is 320 g/mol. The van der Waals surface area contributed by atoms with Gasteiger partial charge in [-0.25, -0.2) is 0 Å². The molecule has 22 heavy (non-hydrogen) atoms. The maximum absolute atomic E-state index is 11.9. The first-order valence-electron chi connectivity index (χ1n) is 6.79. The highest BCUT2D eigenvalue weighted by atomic mass is 32.2. The van der Waals surface area contributed by atoms with Crippen molar-refractivity contribution < 1.29 is 19.1 Å². The summed E-state index contributed by atoms with van der Waals surface area (Å²) < 4.78 is 4.82. The highest BCUT2D eigenvalue weighted by Crippen LogP contribution is 2.29. The molecule has 7 heteroatoms. The van der Waals surface area contributed by atoms with Gasteiger partial charge in [0.05, 0.1) is 18.1 Å². The Morgan fingerprint density at radius 3 is 2.77 bits per heavy atom. The molecule has 0 aromatic heterocycles. The van der Waals surface area contributed by atoms with Gasteiger partial charge in [0.15, 0.2) is 0 Å². The summed E-state index contributed by atoms with van der Waals surface area (Å²) in [6.45, 7) is 1.99. The van der Waals surface area contributed by atoms with Crippen molar-refractivity contribution >= 4 is 35.2 Å². The third-order valence-corrected chi connectivity index (χ3v) is 3.91. The van der Waals surface area contributed by atoms with Gasteiger partial charge in [-0.05, 0) is 19.1 Å².